The molecule has 132 valence electrons. The van der Waals surface area contributed by atoms with Crippen LogP contribution in [0.1, 0.15) is 37.1 Å². The lowest BCUT2D eigenvalue weighted by Crippen LogP contribution is -2.40. The topological polar surface area (TPSA) is 66.1 Å². The molecule has 6 heteroatoms. The number of carbonyl (C=O) groups is 1. The van der Waals surface area contributed by atoms with E-state index in [4.69, 9.17) is 0 Å². The fourth-order valence-electron chi connectivity index (χ4n) is 3.08. The molecule has 0 spiro atoms. The van der Waals surface area contributed by atoms with Gasteiger partial charge in [-0.2, -0.15) is 0 Å². The highest BCUT2D eigenvalue weighted by Crippen LogP contribution is 2.24. The van der Waals surface area contributed by atoms with Gasteiger partial charge < -0.3 is 9.88 Å². The molecule has 0 unspecified atom stereocenters. The van der Waals surface area contributed by atoms with E-state index in [0.717, 1.165) is 31.5 Å². The van der Waals surface area contributed by atoms with Crippen LogP contribution in [0.15, 0.2) is 40.3 Å². The van der Waals surface area contributed by atoms with Crippen LogP contribution < -0.4 is 5.56 Å². The van der Waals surface area contributed by atoms with E-state index in [2.05, 4.69) is 29.0 Å². The predicted octanol–water partition coefficient (Wildman–Crippen LogP) is 2.79. The summed E-state index contributed by atoms with van der Waals surface area (Å²) in [6.45, 7) is 5.32. The third-order valence-corrected chi connectivity index (χ3v) is 5.33. The maximum atomic E-state index is 12.8. The Morgan fingerprint density at radius 3 is 2.88 bits per heavy atom. The zero-order valence-corrected chi connectivity index (χ0v) is 15.4. The summed E-state index contributed by atoms with van der Waals surface area (Å²) in [4.78, 5) is 33.7. The number of rotatable bonds is 5. The Morgan fingerprint density at radius 1 is 1.36 bits per heavy atom. The minimum absolute atomic E-state index is 0.0862. The number of benzene rings is 1. The number of amides is 1. The standard InChI is InChI=1S/C19H23N3O2S/c1-3-6-16-11-17(23)21-19(20-16)25-13(2)18(24)22-10-9-14-7-4-5-8-15(14)12-22/h4-5,7-8,11,13H,3,6,9-10,12H2,1-2H3,(H,20,21,23)/t13-/m0/s1. The lowest BCUT2D eigenvalue weighted by Gasteiger charge is -2.30. The molecule has 1 amide bonds. The summed E-state index contributed by atoms with van der Waals surface area (Å²) in [5.41, 5.74) is 3.16. The SMILES string of the molecule is CCCc1cc(=O)[nH]c(S[C@@H](C)C(=O)N2CCc3ccccc3C2)n1. The lowest BCUT2D eigenvalue weighted by molar-refractivity contribution is -0.131. The molecule has 0 saturated carbocycles. The first-order valence-electron chi connectivity index (χ1n) is 8.69. The van der Waals surface area contributed by atoms with Crippen LogP contribution in [0, 0.1) is 0 Å². The maximum absolute atomic E-state index is 12.8. The van der Waals surface area contributed by atoms with Crippen molar-refractivity contribution in [2.75, 3.05) is 6.54 Å². The fraction of sp³-hybridized carbons (Fsp3) is 0.421. The normalized spacial score (nSPS) is 14.9. The Labute approximate surface area is 151 Å². The minimum atomic E-state index is -0.287. The number of aromatic amines is 1. The van der Waals surface area contributed by atoms with Gasteiger partial charge in [-0.25, -0.2) is 4.98 Å². The van der Waals surface area contributed by atoms with Crippen molar-refractivity contribution in [1.82, 2.24) is 14.9 Å². The molecule has 3 rings (SSSR count). The van der Waals surface area contributed by atoms with E-state index in [0.29, 0.717) is 11.7 Å². The molecule has 0 saturated heterocycles. The van der Waals surface area contributed by atoms with Crippen LogP contribution in [0.2, 0.25) is 0 Å². The van der Waals surface area contributed by atoms with Crippen LogP contribution in [0.5, 0.6) is 0 Å². The number of aryl methyl sites for hydroxylation is 1. The zero-order chi connectivity index (χ0) is 17.8. The number of hydrogen-bond acceptors (Lipinski definition) is 4. The molecular weight excluding hydrogens is 334 g/mol. The van der Waals surface area contributed by atoms with Crippen molar-refractivity contribution < 1.29 is 4.79 Å². The summed E-state index contributed by atoms with van der Waals surface area (Å²) in [7, 11) is 0. The van der Waals surface area contributed by atoms with Crippen molar-refractivity contribution >= 4 is 17.7 Å². The van der Waals surface area contributed by atoms with Crippen LogP contribution in [0.4, 0.5) is 0 Å². The molecular formula is C19H23N3O2S. The average molecular weight is 357 g/mol. The third-order valence-electron chi connectivity index (χ3n) is 4.36. The van der Waals surface area contributed by atoms with Gasteiger partial charge in [0, 0.05) is 24.8 Å². The van der Waals surface area contributed by atoms with Gasteiger partial charge in [-0.15, -0.1) is 0 Å². The number of nitrogens with one attached hydrogen (secondary N) is 1. The molecule has 1 aromatic carbocycles. The van der Waals surface area contributed by atoms with E-state index in [1.54, 1.807) is 0 Å². The van der Waals surface area contributed by atoms with Crippen LogP contribution >= 0.6 is 11.8 Å². The van der Waals surface area contributed by atoms with Crippen molar-refractivity contribution in [1.29, 1.82) is 0 Å². The van der Waals surface area contributed by atoms with Crippen LogP contribution in [-0.2, 0) is 24.2 Å². The Hall–Kier alpha value is -2.08. The van der Waals surface area contributed by atoms with Crippen LogP contribution in [0.3, 0.4) is 0 Å². The highest BCUT2D eigenvalue weighted by Gasteiger charge is 2.25. The Balaban J connectivity index is 1.68. The third kappa shape index (κ3) is 4.31. The molecule has 1 aromatic heterocycles. The monoisotopic (exact) mass is 357 g/mol. The summed E-state index contributed by atoms with van der Waals surface area (Å²) >= 11 is 1.32. The first-order valence-corrected chi connectivity index (χ1v) is 9.57. The van der Waals surface area contributed by atoms with E-state index in [-0.39, 0.29) is 16.7 Å². The fourth-order valence-corrected chi connectivity index (χ4v) is 4.00. The maximum Gasteiger partial charge on any atom is 0.251 e. The van der Waals surface area contributed by atoms with E-state index in [1.807, 2.05) is 24.0 Å². The van der Waals surface area contributed by atoms with Gasteiger partial charge in [0.05, 0.1) is 5.25 Å². The molecule has 0 bridgehead atoms. The van der Waals surface area contributed by atoms with Gasteiger partial charge >= 0.3 is 0 Å². The van der Waals surface area contributed by atoms with Crippen molar-refractivity contribution in [2.45, 2.75) is 50.1 Å². The largest absolute Gasteiger partial charge is 0.337 e. The number of fused-ring (bicyclic) bond motifs is 1. The van der Waals surface area contributed by atoms with Crippen molar-refractivity contribution in [3.05, 3.63) is 57.5 Å². The summed E-state index contributed by atoms with van der Waals surface area (Å²) in [5.74, 6) is 0.0862. The highest BCUT2D eigenvalue weighted by molar-refractivity contribution is 8.00. The molecule has 1 N–H and O–H groups in total. The number of nitrogens with zero attached hydrogens (tertiary/aromatic N) is 2. The van der Waals surface area contributed by atoms with E-state index in [1.165, 1.54) is 29.0 Å². The first-order chi connectivity index (χ1) is 12.1. The Kier molecular flexibility index (Phi) is 5.58. The van der Waals surface area contributed by atoms with Crippen LogP contribution in [0.25, 0.3) is 0 Å². The number of thioether (sulfide) groups is 1. The minimum Gasteiger partial charge on any atom is -0.337 e. The summed E-state index contributed by atoms with van der Waals surface area (Å²) in [5, 5.41) is 0.236. The van der Waals surface area contributed by atoms with Crippen molar-refractivity contribution in [2.24, 2.45) is 0 Å². The molecule has 0 aliphatic carbocycles. The number of H-pyrrole nitrogens is 1. The Bertz CT molecular complexity index is 818. The average Bonchev–Trinajstić information content (AvgIpc) is 2.60. The van der Waals surface area contributed by atoms with Gasteiger partial charge in [0.25, 0.3) is 5.56 Å². The number of aromatic nitrogens is 2. The van der Waals surface area contributed by atoms with Gasteiger partial charge in [0.1, 0.15) is 0 Å². The van der Waals surface area contributed by atoms with Crippen molar-refractivity contribution in [3.8, 4) is 0 Å². The van der Waals surface area contributed by atoms with Gasteiger partial charge in [0.2, 0.25) is 5.91 Å². The van der Waals surface area contributed by atoms with E-state index < -0.39 is 0 Å². The van der Waals surface area contributed by atoms with Gasteiger partial charge in [0.15, 0.2) is 5.16 Å². The second-order valence-corrected chi connectivity index (χ2v) is 7.66. The van der Waals surface area contributed by atoms with E-state index >= 15 is 0 Å². The zero-order valence-electron chi connectivity index (χ0n) is 14.6. The van der Waals surface area contributed by atoms with E-state index in [9.17, 15) is 9.59 Å². The molecule has 5 nitrogen and oxygen atoms in total. The molecule has 1 aliphatic heterocycles. The molecule has 2 aromatic rings. The Morgan fingerprint density at radius 2 is 2.12 bits per heavy atom. The number of hydrogen-bond donors (Lipinski definition) is 1. The second-order valence-electron chi connectivity index (χ2n) is 6.33. The summed E-state index contributed by atoms with van der Waals surface area (Å²) in [6.07, 6.45) is 2.59. The quantitative estimate of drug-likeness (QED) is 0.660. The van der Waals surface area contributed by atoms with Gasteiger partial charge in [-0.1, -0.05) is 49.4 Å². The smallest absolute Gasteiger partial charge is 0.251 e. The highest BCUT2D eigenvalue weighted by atomic mass is 32.2. The molecule has 1 aliphatic rings. The van der Waals surface area contributed by atoms with Crippen molar-refractivity contribution in [3.63, 3.8) is 0 Å². The van der Waals surface area contributed by atoms with Gasteiger partial charge in [-0.05, 0) is 30.9 Å². The van der Waals surface area contributed by atoms with Crippen LogP contribution in [-0.4, -0.2) is 32.6 Å². The predicted molar refractivity (Wildman–Crippen MR) is 99.7 cm³/mol. The summed E-state index contributed by atoms with van der Waals surface area (Å²) < 4.78 is 0. The molecule has 25 heavy (non-hydrogen) atoms. The lowest BCUT2D eigenvalue weighted by atomic mass is 10.00. The summed E-state index contributed by atoms with van der Waals surface area (Å²) in [6, 6.07) is 9.80. The molecule has 1 atom stereocenters. The molecule has 2 heterocycles. The second kappa shape index (κ2) is 7.87. The first kappa shape index (κ1) is 17.7. The molecule has 0 fully saturated rings. The molecule has 0 radical (unpaired) electrons. The number of carbonyl (C=O) groups excluding carboxylic acids is 1. The van der Waals surface area contributed by atoms with Gasteiger partial charge in [-0.3, -0.25) is 9.59 Å².